The lowest BCUT2D eigenvalue weighted by molar-refractivity contribution is -0.955. The number of ether oxygens (including phenoxy) is 2. The average molecular weight is 544 g/mol. The molecule has 4 nitrogen and oxygen atoms in total. The van der Waals surface area contributed by atoms with E-state index in [1.807, 2.05) is 48.5 Å². The van der Waals surface area contributed by atoms with E-state index in [-0.39, 0.29) is 17.0 Å². The molecule has 5 heteroatoms. The summed E-state index contributed by atoms with van der Waals surface area (Å²) in [5, 5.41) is 12.1. The molecular weight excluding hydrogens is 502 g/mol. The van der Waals surface area contributed by atoms with Crippen LogP contribution in [0.4, 0.5) is 0 Å². The third-order valence-electron chi connectivity index (χ3n) is 8.96. The van der Waals surface area contributed by atoms with E-state index in [1.54, 1.807) is 0 Å². The minimum Gasteiger partial charge on any atom is -0.493 e. The van der Waals surface area contributed by atoms with Gasteiger partial charge in [0.25, 0.3) is 0 Å². The second kappa shape index (κ2) is 11.3. The van der Waals surface area contributed by atoms with Crippen LogP contribution >= 0.6 is 15.9 Å². The van der Waals surface area contributed by atoms with Crippen LogP contribution < -0.4 is 4.74 Å². The van der Waals surface area contributed by atoms with Crippen molar-refractivity contribution in [1.29, 1.82) is 0 Å². The molecule has 3 aliphatic heterocycles. The van der Waals surface area contributed by atoms with E-state index in [9.17, 15) is 5.11 Å². The summed E-state index contributed by atoms with van der Waals surface area (Å²) in [6, 6.07) is 20.4. The molecule has 190 valence electrons. The van der Waals surface area contributed by atoms with Crippen LogP contribution in [0.2, 0.25) is 0 Å². The molecule has 4 fully saturated rings. The van der Waals surface area contributed by atoms with Crippen LogP contribution in [-0.4, -0.2) is 53.5 Å². The zero-order valence-corrected chi connectivity index (χ0v) is 22.5. The van der Waals surface area contributed by atoms with E-state index in [4.69, 9.17) is 9.47 Å². The van der Waals surface area contributed by atoms with Gasteiger partial charge in [0.15, 0.2) is 4.95 Å². The molecule has 0 aromatic heterocycles. The molecule has 2 aromatic carbocycles. The number of hydrogen-bond donors (Lipinski definition) is 1. The first-order chi connectivity index (χ1) is 17.1. The molecule has 1 saturated carbocycles. The molecule has 3 heterocycles. The Kier molecular flexibility index (Phi) is 8.18. The molecule has 0 spiro atoms. The van der Waals surface area contributed by atoms with E-state index >= 15 is 0 Å². The number of piperidine rings is 3. The SMILES string of the molecule is OC(CO[C@H]1C2CC[N+](CCCOc3ccccc3)(CC2)[C@@H]1Br)(c1ccccc1)C1CCCCC1. The Morgan fingerprint density at radius 3 is 2.23 bits per heavy atom. The number of quaternary nitrogens is 1. The highest BCUT2D eigenvalue weighted by atomic mass is 79.9. The van der Waals surface area contributed by atoms with E-state index < -0.39 is 5.60 Å². The monoisotopic (exact) mass is 542 g/mol. The molecule has 4 aliphatic rings. The van der Waals surface area contributed by atoms with Crippen molar-refractivity contribution < 1.29 is 19.1 Å². The van der Waals surface area contributed by atoms with Crippen molar-refractivity contribution in [2.24, 2.45) is 11.8 Å². The second-order valence-electron chi connectivity index (χ2n) is 11.0. The van der Waals surface area contributed by atoms with Gasteiger partial charge >= 0.3 is 0 Å². The molecule has 1 unspecified atom stereocenters. The van der Waals surface area contributed by atoms with Crippen molar-refractivity contribution >= 4 is 15.9 Å². The summed E-state index contributed by atoms with van der Waals surface area (Å²) in [6.45, 7) is 4.64. The van der Waals surface area contributed by atoms with Gasteiger partial charge in [0.1, 0.15) is 17.5 Å². The smallest absolute Gasteiger partial charge is 0.171 e. The topological polar surface area (TPSA) is 38.7 Å². The standard InChI is InChI=1S/C30H41BrNO3/c31-29-28(35-23-30(33,25-11-4-1-5-12-25)26-13-6-2-7-14-26)24-17-20-32(29,21-18-24)19-10-22-34-27-15-8-3-9-16-27/h1,3-5,8-9,11-12,15-16,24,26,28-29,33H,2,6-7,10,13-14,17-23H2/q+1/t24?,28-,29-,30?,32?/m0/s1. The largest absolute Gasteiger partial charge is 0.493 e. The van der Waals surface area contributed by atoms with E-state index in [0.717, 1.165) is 48.2 Å². The Morgan fingerprint density at radius 1 is 0.886 bits per heavy atom. The molecule has 35 heavy (non-hydrogen) atoms. The Balaban J connectivity index is 1.23. The fraction of sp³-hybridized carbons (Fsp3) is 0.600. The zero-order valence-electron chi connectivity index (χ0n) is 20.9. The fourth-order valence-corrected chi connectivity index (χ4v) is 8.03. The summed E-state index contributed by atoms with van der Waals surface area (Å²) in [4.78, 5) is 0.276. The molecule has 0 radical (unpaired) electrons. The van der Waals surface area contributed by atoms with Crippen LogP contribution in [-0.2, 0) is 10.3 Å². The molecule has 0 amide bonds. The number of rotatable bonds is 10. The molecule has 2 bridgehead atoms. The van der Waals surface area contributed by atoms with Crippen LogP contribution in [0.1, 0.15) is 56.9 Å². The number of halogens is 1. The molecule has 6 rings (SSSR count). The Labute approximate surface area is 219 Å². The molecule has 1 N–H and O–H groups in total. The number of alkyl halides is 1. The summed E-state index contributed by atoms with van der Waals surface area (Å²) in [5.41, 5.74) is 0.107. The van der Waals surface area contributed by atoms with Crippen molar-refractivity contribution in [3.8, 4) is 5.75 Å². The highest BCUT2D eigenvalue weighted by molar-refractivity contribution is 9.09. The minimum absolute atomic E-state index is 0.145. The Bertz CT molecular complexity index is 912. The first-order valence-corrected chi connectivity index (χ1v) is 14.6. The maximum absolute atomic E-state index is 12.1. The molecule has 3 saturated heterocycles. The predicted octanol–water partition coefficient (Wildman–Crippen LogP) is 6.27. The number of benzene rings is 2. The normalized spacial score (nSPS) is 30.6. The van der Waals surface area contributed by atoms with E-state index in [0.29, 0.717) is 12.5 Å². The molecule has 3 atom stereocenters. The lowest BCUT2D eigenvalue weighted by atomic mass is 9.73. The number of fused-ring (bicyclic) bond motifs is 3. The number of hydrogen-bond acceptors (Lipinski definition) is 3. The van der Waals surface area contributed by atoms with Crippen molar-refractivity contribution in [1.82, 2.24) is 0 Å². The van der Waals surface area contributed by atoms with Gasteiger partial charge in [-0.25, -0.2) is 0 Å². The van der Waals surface area contributed by atoms with Gasteiger partial charge in [-0.2, -0.15) is 0 Å². The summed E-state index contributed by atoms with van der Waals surface area (Å²) in [6.07, 6.45) is 9.46. The van der Waals surface area contributed by atoms with Gasteiger partial charge < -0.3 is 19.1 Å². The quantitative estimate of drug-likeness (QED) is 0.166. The maximum atomic E-state index is 12.1. The van der Waals surface area contributed by atoms with Crippen LogP contribution in [0.15, 0.2) is 60.7 Å². The summed E-state index contributed by atoms with van der Waals surface area (Å²) in [7, 11) is 0. The van der Waals surface area contributed by atoms with E-state index in [1.165, 1.54) is 45.2 Å². The fourth-order valence-electron chi connectivity index (χ4n) is 6.83. The summed E-state index contributed by atoms with van der Waals surface area (Å²) >= 11 is 4.11. The lowest BCUT2D eigenvalue weighted by Gasteiger charge is -2.56. The van der Waals surface area contributed by atoms with Crippen molar-refractivity contribution in [2.75, 3.05) is 32.8 Å². The first kappa shape index (κ1) is 25.3. The lowest BCUT2D eigenvalue weighted by Crippen LogP contribution is -2.68. The zero-order chi connectivity index (χ0) is 24.1. The predicted molar refractivity (Wildman–Crippen MR) is 144 cm³/mol. The van der Waals surface area contributed by atoms with Crippen molar-refractivity contribution in [3.63, 3.8) is 0 Å². The summed E-state index contributed by atoms with van der Waals surface area (Å²) < 4.78 is 13.8. The molecule has 1 aliphatic carbocycles. The number of nitrogens with zero attached hydrogens (tertiary/aromatic N) is 1. The Morgan fingerprint density at radius 2 is 1.54 bits per heavy atom. The Hall–Kier alpha value is -1.40. The van der Waals surface area contributed by atoms with Gasteiger partial charge in [-0.1, -0.05) is 67.8 Å². The number of aliphatic hydroxyl groups is 1. The highest BCUT2D eigenvalue weighted by Crippen LogP contribution is 2.45. The van der Waals surface area contributed by atoms with Gasteiger partial charge in [0, 0.05) is 25.2 Å². The molecule has 2 aromatic rings. The van der Waals surface area contributed by atoms with Crippen LogP contribution in [0.3, 0.4) is 0 Å². The number of para-hydroxylation sites is 1. The van der Waals surface area contributed by atoms with Crippen LogP contribution in [0.25, 0.3) is 0 Å². The van der Waals surface area contributed by atoms with Crippen molar-refractivity contribution in [3.05, 3.63) is 66.2 Å². The van der Waals surface area contributed by atoms with E-state index in [2.05, 4.69) is 28.1 Å². The van der Waals surface area contributed by atoms with Gasteiger partial charge in [0.05, 0.1) is 32.8 Å². The average Bonchev–Trinajstić information content (AvgIpc) is 2.93. The maximum Gasteiger partial charge on any atom is 0.171 e. The highest BCUT2D eigenvalue weighted by Gasteiger charge is 2.54. The third-order valence-corrected chi connectivity index (χ3v) is 10.3. The van der Waals surface area contributed by atoms with Gasteiger partial charge in [-0.3, -0.25) is 0 Å². The van der Waals surface area contributed by atoms with Gasteiger partial charge in [0.2, 0.25) is 0 Å². The third kappa shape index (κ3) is 5.49. The van der Waals surface area contributed by atoms with Crippen LogP contribution in [0.5, 0.6) is 5.75 Å². The van der Waals surface area contributed by atoms with Gasteiger partial charge in [-0.15, -0.1) is 0 Å². The van der Waals surface area contributed by atoms with Crippen molar-refractivity contribution in [2.45, 2.75) is 68.0 Å². The summed E-state index contributed by atoms with van der Waals surface area (Å²) in [5.74, 6) is 1.79. The second-order valence-corrected chi connectivity index (χ2v) is 12.0. The first-order valence-electron chi connectivity index (χ1n) is 13.7. The minimum atomic E-state index is -0.908. The van der Waals surface area contributed by atoms with Gasteiger partial charge in [-0.05, 0) is 52.4 Å². The molecular formula is C30H41BrNO3+. The van der Waals surface area contributed by atoms with Crippen LogP contribution in [0, 0.1) is 11.8 Å².